The molecule has 120 valence electrons. The number of ether oxygens (including phenoxy) is 1. The van der Waals surface area contributed by atoms with Crippen LogP contribution < -0.4 is 0 Å². The molecule has 0 aliphatic carbocycles. The Balaban J connectivity index is 4.79. The molecule has 0 aromatic rings. The van der Waals surface area contributed by atoms with E-state index < -0.39 is 30.5 Å². The van der Waals surface area contributed by atoms with Crippen LogP contribution in [-0.4, -0.2) is 48.8 Å². The summed E-state index contributed by atoms with van der Waals surface area (Å²) in [6.45, 7) is 10.1. The summed E-state index contributed by atoms with van der Waals surface area (Å²) in [6, 6.07) is 0. The highest BCUT2D eigenvalue weighted by atomic mass is 32.2. The molecule has 20 heavy (non-hydrogen) atoms. The van der Waals surface area contributed by atoms with Crippen molar-refractivity contribution < 1.29 is 26.6 Å². The second-order valence-corrected chi connectivity index (χ2v) is 12.6. The second kappa shape index (κ2) is 7.01. The number of carbonyl (C=O) groups is 1. The fraction of sp³-hybridized carbons (Fsp3) is 0.917. The van der Waals surface area contributed by atoms with E-state index in [1.165, 1.54) is 7.11 Å². The van der Waals surface area contributed by atoms with Gasteiger partial charge in [-0.3, -0.25) is 4.18 Å². The van der Waals surface area contributed by atoms with Crippen molar-refractivity contribution in [2.45, 2.75) is 51.4 Å². The minimum absolute atomic E-state index is 0.0586. The fourth-order valence-corrected chi connectivity index (χ4v) is 2.87. The van der Waals surface area contributed by atoms with Crippen molar-refractivity contribution in [2.75, 3.05) is 20.0 Å². The molecule has 6 nitrogen and oxygen atoms in total. The van der Waals surface area contributed by atoms with Crippen LogP contribution in [0.4, 0.5) is 0 Å². The summed E-state index contributed by atoms with van der Waals surface area (Å²) >= 11 is 0. The molecule has 0 spiro atoms. The zero-order valence-corrected chi connectivity index (χ0v) is 15.2. The molecule has 0 saturated heterocycles. The van der Waals surface area contributed by atoms with Gasteiger partial charge in [-0.15, -0.1) is 0 Å². The number of methoxy groups -OCH3 is 1. The van der Waals surface area contributed by atoms with Gasteiger partial charge in [0.05, 0.1) is 20.0 Å². The van der Waals surface area contributed by atoms with Gasteiger partial charge in [0.15, 0.2) is 8.32 Å². The van der Waals surface area contributed by atoms with Crippen LogP contribution in [0.3, 0.4) is 0 Å². The van der Waals surface area contributed by atoms with Crippen molar-refractivity contribution in [3.63, 3.8) is 0 Å². The lowest BCUT2D eigenvalue weighted by molar-refractivity contribution is -0.150. The predicted molar refractivity (Wildman–Crippen MR) is 79.5 cm³/mol. The molecule has 0 heterocycles. The molecule has 0 aromatic carbocycles. The molecule has 0 N–H and O–H groups in total. The monoisotopic (exact) mass is 326 g/mol. The van der Waals surface area contributed by atoms with Crippen LogP contribution in [0, 0.1) is 0 Å². The Labute approximate surface area is 123 Å². The van der Waals surface area contributed by atoms with Crippen molar-refractivity contribution in [2.24, 2.45) is 0 Å². The smallest absolute Gasteiger partial charge is 0.333 e. The summed E-state index contributed by atoms with van der Waals surface area (Å²) in [5.41, 5.74) is 0. The Kier molecular flexibility index (Phi) is 6.86. The van der Waals surface area contributed by atoms with E-state index in [9.17, 15) is 13.2 Å². The largest absolute Gasteiger partial charge is 0.467 e. The summed E-state index contributed by atoms with van der Waals surface area (Å²) in [5, 5.41) is -0.0586. The summed E-state index contributed by atoms with van der Waals surface area (Å²) in [7, 11) is -4.39. The minimum atomic E-state index is -3.52. The molecule has 0 amide bonds. The fourth-order valence-electron chi connectivity index (χ4n) is 1.20. The Morgan fingerprint density at radius 2 is 1.75 bits per heavy atom. The zero-order chi connectivity index (χ0) is 16.2. The standard InChI is InChI=1S/C12H26O6SSi/c1-12(2,3)20(6,7)18-10(11(13)16-4)8-9-17-19(5,14)15/h10H,8-9H2,1-7H3/t10-/m0/s1. The average molecular weight is 326 g/mol. The topological polar surface area (TPSA) is 78.9 Å². The van der Waals surface area contributed by atoms with Gasteiger partial charge in [-0.25, -0.2) is 4.79 Å². The molecule has 0 fully saturated rings. The van der Waals surface area contributed by atoms with Crippen LogP contribution in [0.15, 0.2) is 0 Å². The van der Waals surface area contributed by atoms with Crippen LogP contribution in [0.25, 0.3) is 0 Å². The van der Waals surface area contributed by atoms with Crippen molar-refractivity contribution in [3.8, 4) is 0 Å². The van der Waals surface area contributed by atoms with Gasteiger partial charge in [0.25, 0.3) is 10.1 Å². The van der Waals surface area contributed by atoms with E-state index in [-0.39, 0.29) is 18.1 Å². The lowest BCUT2D eigenvalue weighted by atomic mass is 10.2. The van der Waals surface area contributed by atoms with E-state index in [2.05, 4.69) is 25.0 Å². The van der Waals surface area contributed by atoms with E-state index in [0.717, 1.165) is 6.26 Å². The van der Waals surface area contributed by atoms with Crippen LogP contribution in [0.2, 0.25) is 18.1 Å². The summed E-state index contributed by atoms with van der Waals surface area (Å²) in [6.07, 6.45) is 0.309. The summed E-state index contributed by atoms with van der Waals surface area (Å²) < 4.78 is 37.2. The van der Waals surface area contributed by atoms with Gasteiger partial charge in [0.2, 0.25) is 0 Å². The Morgan fingerprint density at radius 3 is 2.10 bits per heavy atom. The number of hydrogen-bond acceptors (Lipinski definition) is 6. The van der Waals surface area contributed by atoms with Crippen LogP contribution >= 0.6 is 0 Å². The Morgan fingerprint density at radius 1 is 1.25 bits per heavy atom. The van der Waals surface area contributed by atoms with E-state index in [4.69, 9.17) is 9.16 Å². The molecule has 0 saturated carbocycles. The van der Waals surface area contributed by atoms with Gasteiger partial charge in [0, 0.05) is 6.42 Å². The molecule has 0 aromatic heterocycles. The van der Waals surface area contributed by atoms with Gasteiger partial charge in [-0.1, -0.05) is 20.8 Å². The molecular weight excluding hydrogens is 300 g/mol. The quantitative estimate of drug-likeness (QED) is 0.404. The molecule has 0 radical (unpaired) electrons. The first kappa shape index (κ1) is 19.6. The van der Waals surface area contributed by atoms with Crippen molar-refractivity contribution in [1.29, 1.82) is 0 Å². The Bertz CT molecular complexity index is 424. The first-order valence-electron chi connectivity index (χ1n) is 6.40. The third-order valence-corrected chi connectivity index (χ3v) is 8.47. The van der Waals surface area contributed by atoms with Gasteiger partial charge in [0.1, 0.15) is 6.10 Å². The van der Waals surface area contributed by atoms with E-state index in [1.54, 1.807) is 0 Å². The van der Waals surface area contributed by atoms with Gasteiger partial charge >= 0.3 is 5.97 Å². The molecule has 0 rings (SSSR count). The van der Waals surface area contributed by atoms with Gasteiger partial charge in [-0.05, 0) is 18.1 Å². The van der Waals surface area contributed by atoms with Crippen LogP contribution in [0.5, 0.6) is 0 Å². The maximum atomic E-state index is 11.7. The molecule has 8 heteroatoms. The molecular formula is C12H26O6SSi. The normalized spacial score (nSPS) is 14.9. The Hall–Kier alpha value is -0.443. The molecule has 1 atom stereocenters. The maximum absolute atomic E-state index is 11.7. The maximum Gasteiger partial charge on any atom is 0.333 e. The highest BCUT2D eigenvalue weighted by Crippen LogP contribution is 2.37. The van der Waals surface area contributed by atoms with Crippen molar-refractivity contribution >= 4 is 24.4 Å². The highest BCUT2D eigenvalue weighted by Gasteiger charge is 2.41. The lowest BCUT2D eigenvalue weighted by Gasteiger charge is -2.38. The summed E-state index contributed by atoms with van der Waals surface area (Å²) in [4.78, 5) is 11.7. The predicted octanol–water partition coefficient (Wildman–Crippen LogP) is 1.92. The lowest BCUT2D eigenvalue weighted by Crippen LogP contribution is -2.46. The van der Waals surface area contributed by atoms with Crippen LogP contribution in [-0.2, 0) is 28.3 Å². The number of rotatable bonds is 7. The first-order chi connectivity index (χ1) is 8.80. The minimum Gasteiger partial charge on any atom is -0.467 e. The third-order valence-electron chi connectivity index (χ3n) is 3.38. The number of carbonyl (C=O) groups excluding carboxylic acids is 1. The number of hydrogen-bond donors (Lipinski definition) is 0. The van der Waals surface area contributed by atoms with E-state index in [1.807, 2.05) is 13.1 Å². The third kappa shape index (κ3) is 6.82. The number of esters is 1. The molecule has 0 aliphatic heterocycles. The molecule has 0 bridgehead atoms. The second-order valence-electron chi connectivity index (χ2n) is 6.20. The van der Waals surface area contributed by atoms with Gasteiger partial charge < -0.3 is 9.16 Å². The van der Waals surface area contributed by atoms with E-state index in [0.29, 0.717) is 0 Å². The highest BCUT2D eigenvalue weighted by molar-refractivity contribution is 7.85. The van der Waals surface area contributed by atoms with Crippen molar-refractivity contribution in [1.82, 2.24) is 0 Å². The average Bonchev–Trinajstić information content (AvgIpc) is 2.23. The van der Waals surface area contributed by atoms with Crippen molar-refractivity contribution in [3.05, 3.63) is 0 Å². The van der Waals surface area contributed by atoms with Gasteiger partial charge in [-0.2, -0.15) is 8.42 Å². The molecule has 0 aliphatic rings. The SMILES string of the molecule is COC(=O)[C@H](CCOS(C)(=O)=O)O[Si](C)(C)C(C)(C)C. The van der Waals surface area contributed by atoms with E-state index >= 15 is 0 Å². The zero-order valence-electron chi connectivity index (χ0n) is 13.3. The molecule has 0 unspecified atom stereocenters. The summed E-state index contributed by atoms with van der Waals surface area (Å²) in [5.74, 6) is -0.507. The van der Waals surface area contributed by atoms with Crippen LogP contribution in [0.1, 0.15) is 27.2 Å². The first-order valence-corrected chi connectivity index (χ1v) is 11.1.